The summed E-state index contributed by atoms with van der Waals surface area (Å²) in [6, 6.07) is 0. The van der Waals surface area contributed by atoms with Crippen LogP contribution in [-0.2, 0) is 11.3 Å². The third-order valence-corrected chi connectivity index (χ3v) is 1.93. The molecule has 0 aliphatic rings. The first kappa shape index (κ1) is 9.53. The van der Waals surface area contributed by atoms with E-state index >= 15 is 0 Å². The third-order valence-electron chi connectivity index (χ3n) is 1.21. The van der Waals surface area contributed by atoms with Gasteiger partial charge in [-0.25, -0.2) is 4.79 Å². The fraction of sp³-hybridized carbons (Fsp3) is 0.143. The van der Waals surface area contributed by atoms with Gasteiger partial charge in [0.2, 0.25) is 0 Å². The van der Waals surface area contributed by atoms with Gasteiger partial charge in [0.15, 0.2) is 0 Å². The van der Waals surface area contributed by atoms with Crippen LogP contribution in [0.15, 0.2) is 22.5 Å². The van der Waals surface area contributed by atoms with Gasteiger partial charge in [-0.1, -0.05) is 11.3 Å². The molecule has 0 amide bonds. The van der Waals surface area contributed by atoms with Crippen molar-refractivity contribution in [2.75, 3.05) is 0 Å². The number of hydrogen-bond donors (Lipinski definition) is 3. The first-order valence-corrected chi connectivity index (χ1v) is 4.36. The van der Waals surface area contributed by atoms with E-state index in [1.165, 1.54) is 6.20 Å². The molecule has 1 rings (SSSR count). The largest absolute Gasteiger partial charge is 0.478 e. The number of carboxylic acid groups (broad SMARTS) is 1. The van der Waals surface area contributed by atoms with Gasteiger partial charge >= 0.3 is 10.8 Å². The topological polar surface area (TPSA) is 82.2 Å². The number of aromatic amines is 1. The molecule has 0 aliphatic carbocycles. The SMILES string of the molecule is O=C(O)/C=C/NCc1csc(=O)[nH]1. The highest BCUT2D eigenvalue weighted by molar-refractivity contribution is 7.07. The highest BCUT2D eigenvalue weighted by Crippen LogP contribution is 1.93. The van der Waals surface area contributed by atoms with Gasteiger partial charge in [0, 0.05) is 23.3 Å². The molecule has 0 spiro atoms. The molecule has 0 radical (unpaired) electrons. The lowest BCUT2D eigenvalue weighted by Crippen LogP contribution is -2.07. The lowest BCUT2D eigenvalue weighted by atomic mass is 10.5. The lowest BCUT2D eigenvalue weighted by Gasteiger charge is -1.94. The Labute approximate surface area is 77.7 Å². The summed E-state index contributed by atoms with van der Waals surface area (Å²) in [5.41, 5.74) is 0.741. The molecule has 1 aromatic rings. The first-order valence-electron chi connectivity index (χ1n) is 3.48. The number of H-pyrrole nitrogens is 1. The smallest absolute Gasteiger partial charge is 0.329 e. The Hall–Kier alpha value is -1.56. The summed E-state index contributed by atoms with van der Waals surface area (Å²) in [7, 11) is 0. The van der Waals surface area contributed by atoms with Crippen molar-refractivity contribution in [2.45, 2.75) is 6.54 Å². The van der Waals surface area contributed by atoms with Gasteiger partial charge in [-0.3, -0.25) is 4.79 Å². The van der Waals surface area contributed by atoms with Crippen molar-refractivity contribution in [3.63, 3.8) is 0 Å². The standard InChI is InChI=1S/C7H8N2O3S/c10-6(11)1-2-8-3-5-4-13-7(12)9-5/h1-2,4,8H,3H2,(H,9,12)(H,10,11)/b2-1+. The van der Waals surface area contributed by atoms with E-state index in [0.29, 0.717) is 6.54 Å². The molecule has 1 aromatic heterocycles. The summed E-state index contributed by atoms with van der Waals surface area (Å²) in [6.45, 7) is 0.419. The van der Waals surface area contributed by atoms with Crippen LogP contribution in [0.2, 0.25) is 0 Å². The lowest BCUT2D eigenvalue weighted by molar-refractivity contribution is -0.131. The Morgan fingerprint density at radius 3 is 3.08 bits per heavy atom. The predicted octanol–water partition coefficient (Wildman–Crippen LogP) is 0.124. The summed E-state index contributed by atoms with van der Waals surface area (Å²) in [4.78, 5) is 23.2. The maximum absolute atomic E-state index is 10.7. The van der Waals surface area contributed by atoms with Gasteiger partial charge in [0.25, 0.3) is 0 Å². The molecule has 0 aliphatic heterocycles. The van der Waals surface area contributed by atoms with E-state index in [9.17, 15) is 9.59 Å². The molecular formula is C7H8N2O3S. The zero-order chi connectivity index (χ0) is 9.68. The Bertz CT molecular complexity index is 366. The molecule has 0 atom stereocenters. The van der Waals surface area contributed by atoms with Crippen LogP contribution in [0.1, 0.15) is 5.69 Å². The minimum atomic E-state index is -1.01. The average molecular weight is 200 g/mol. The molecule has 6 heteroatoms. The number of thiazole rings is 1. The second-order valence-electron chi connectivity index (χ2n) is 2.23. The van der Waals surface area contributed by atoms with Crippen LogP contribution in [0, 0.1) is 0 Å². The number of hydrogen-bond acceptors (Lipinski definition) is 4. The van der Waals surface area contributed by atoms with Gasteiger partial charge in [0.1, 0.15) is 0 Å². The molecule has 5 nitrogen and oxygen atoms in total. The number of carboxylic acids is 1. The Kier molecular flexibility index (Phi) is 3.27. The van der Waals surface area contributed by atoms with Crippen LogP contribution in [0.3, 0.4) is 0 Å². The van der Waals surface area contributed by atoms with Crippen molar-refractivity contribution in [1.82, 2.24) is 10.3 Å². The minimum absolute atomic E-state index is 0.112. The summed E-state index contributed by atoms with van der Waals surface area (Å²) >= 11 is 1.08. The van der Waals surface area contributed by atoms with Crippen LogP contribution in [-0.4, -0.2) is 16.1 Å². The Balaban J connectivity index is 2.36. The number of rotatable bonds is 4. The fourth-order valence-electron chi connectivity index (χ4n) is 0.700. The van der Waals surface area contributed by atoms with Crippen LogP contribution in [0.25, 0.3) is 0 Å². The second kappa shape index (κ2) is 4.46. The van der Waals surface area contributed by atoms with Crippen molar-refractivity contribution < 1.29 is 9.90 Å². The zero-order valence-electron chi connectivity index (χ0n) is 6.61. The van der Waals surface area contributed by atoms with Gasteiger partial charge in [0.05, 0.1) is 6.54 Å². The molecule has 70 valence electrons. The van der Waals surface area contributed by atoms with Gasteiger partial charge < -0.3 is 15.4 Å². The van der Waals surface area contributed by atoms with E-state index in [0.717, 1.165) is 23.1 Å². The van der Waals surface area contributed by atoms with Gasteiger partial charge in [-0.05, 0) is 0 Å². The number of nitrogens with one attached hydrogen (secondary N) is 2. The fourth-order valence-corrected chi connectivity index (χ4v) is 1.28. The van der Waals surface area contributed by atoms with Crippen molar-refractivity contribution in [2.24, 2.45) is 0 Å². The highest BCUT2D eigenvalue weighted by Gasteiger charge is 1.93. The molecule has 13 heavy (non-hydrogen) atoms. The summed E-state index contributed by atoms with van der Waals surface area (Å²) in [5, 5.41) is 12.6. The molecule has 0 unspecified atom stereocenters. The van der Waals surface area contributed by atoms with Gasteiger partial charge in [-0.2, -0.15) is 0 Å². The highest BCUT2D eigenvalue weighted by atomic mass is 32.1. The predicted molar refractivity (Wildman–Crippen MR) is 48.6 cm³/mol. The van der Waals surface area contributed by atoms with Crippen molar-refractivity contribution in [1.29, 1.82) is 0 Å². The average Bonchev–Trinajstić information content (AvgIpc) is 2.45. The van der Waals surface area contributed by atoms with Crippen LogP contribution >= 0.6 is 11.3 Å². The molecule has 0 bridgehead atoms. The minimum Gasteiger partial charge on any atom is -0.478 e. The third kappa shape index (κ3) is 3.57. The number of aliphatic carboxylic acids is 1. The quantitative estimate of drug-likeness (QED) is 0.603. The molecule has 3 N–H and O–H groups in total. The maximum Gasteiger partial charge on any atom is 0.329 e. The van der Waals surface area contributed by atoms with Crippen molar-refractivity contribution >= 4 is 17.3 Å². The first-order chi connectivity index (χ1) is 6.18. The van der Waals surface area contributed by atoms with E-state index in [1.54, 1.807) is 5.38 Å². The van der Waals surface area contributed by atoms with E-state index in [1.807, 2.05) is 0 Å². The van der Waals surface area contributed by atoms with Crippen LogP contribution in [0.4, 0.5) is 0 Å². The molecular weight excluding hydrogens is 192 g/mol. The van der Waals surface area contributed by atoms with Crippen molar-refractivity contribution in [3.05, 3.63) is 33.0 Å². The van der Waals surface area contributed by atoms with Gasteiger partial charge in [-0.15, -0.1) is 0 Å². The molecule has 0 saturated carbocycles. The van der Waals surface area contributed by atoms with Crippen LogP contribution in [0.5, 0.6) is 0 Å². The number of carbonyl (C=O) groups is 1. The van der Waals surface area contributed by atoms with Crippen LogP contribution < -0.4 is 10.2 Å². The van der Waals surface area contributed by atoms with E-state index < -0.39 is 5.97 Å². The summed E-state index contributed by atoms with van der Waals surface area (Å²) in [5.74, 6) is -1.01. The molecule has 0 aromatic carbocycles. The van der Waals surface area contributed by atoms with E-state index in [4.69, 9.17) is 5.11 Å². The second-order valence-corrected chi connectivity index (χ2v) is 3.07. The normalized spacial score (nSPS) is 10.5. The Morgan fingerprint density at radius 1 is 1.77 bits per heavy atom. The monoisotopic (exact) mass is 200 g/mol. The molecule has 1 heterocycles. The molecule has 0 fully saturated rings. The van der Waals surface area contributed by atoms with Crippen molar-refractivity contribution in [3.8, 4) is 0 Å². The zero-order valence-corrected chi connectivity index (χ0v) is 7.43. The summed E-state index contributed by atoms with van der Waals surface area (Å²) < 4.78 is 0. The summed E-state index contributed by atoms with van der Waals surface area (Å²) in [6.07, 6.45) is 2.31. The maximum atomic E-state index is 10.7. The molecule has 0 saturated heterocycles. The van der Waals surface area contributed by atoms with E-state index in [-0.39, 0.29) is 4.87 Å². The van der Waals surface area contributed by atoms with E-state index in [2.05, 4.69) is 10.3 Å². The number of aromatic nitrogens is 1. The Morgan fingerprint density at radius 2 is 2.54 bits per heavy atom.